The molecule has 0 radical (unpaired) electrons. The van der Waals surface area contributed by atoms with E-state index in [4.69, 9.17) is 14.2 Å². The minimum absolute atomic E-state index is 0.0576. The van der Waals surface area contributed by atoms with E-state index >= 15 is 0 Å². The van der Waals surface area contributed by atoms with Crippen LogP contribution in [-0.4, -0.2) is 87.9 Å². The SMILES string of the molecule is COc1ccc(S(=O)(=O)Nc2ccc3c(c2)C(=O)N([C@H](C)CO)C[C@H](C)[C@H](CN(C)Cc2ccccc2)OCCCC[C@H](C)O3)cc1. The van der Waals surface area contributed by atoms with E-state index in [1.165, 1.54) is 30.9 Å². The van der Waals surface area contributed by atoms with E-state index in [0.29, 0.717) is 31.2 Å². The van der Waals surface area contributed by atoms with Gasteiger partial charge in [-0.3, -0.25) is 14.4 Å². The molecule has 0 bridgehead atoms. The molecule has 4 atom stereocenters. The summed E-state index contributed by atoms with van der Waals surface area (Å²) >= 11 is 0. The molecule has 10 nitrogen and oxygen atoms in total. The molecule has 4 rings (SSSR count). The topological polar surface area (TPSA) is 118 Å². The van der Waals surface area contributed by atoms with E-state index in [2.05, 4.69) is 35.7 Å². The van der Waals surface area contributed by atoms with E-state index in [0.717, 1.165) is 25.8 Å². The lowest BCUT2D eigenvalue weighted by Crippen LogP contribution is -2.47. The number of likely N-dealkylation sites (N-methyl/N-ethyl adjacent to an activating group) is 1. The van der Waals surface area contributed by atoms with Gasteiger partial charge in [-0.05, 0) is 88.2 Å². The van der Waals surface area contributed by atoms with Gasteiger partial charge in [0.25, 0.3) is 15.9 Å². The zero-order valence-electron chi connectivity index (χ0n) is 28.1. The standard InChI is InChI=1S/C36H49N3O7S/c1-26-22-39(27(2)25-40)36(41)33-21-30(37-47(42,43)32-17-15-31(44-5)16-18-32)14-19-34(33)46-28(3)11-9-10-20-45-35(26)24-38(4)23-29-12-7-6-8-13-29/h6-8,12-19,21,26-28,35,37,40H,9-11,20,22-25H2,1-5H3/t26-,27+,28-,35-/m0/s1. The largest absolute Gasteiger partial charge is 0.497 e. The maximum absolute atomic E-state index is 14.4. The van der Waals surface area contributed by atoms with Gasteiger partial charge < -0.3 is 24.2 Å². The van der Waals surface area contributed by atoms with Crippen LogP contribution in [-0.2, 0) is 21.3 Å². The van der Waals surface area contributed by atoms with Gasteiger partial charge in [0.05, 0.1) is 42.4 Å². The molecule has 11 heteroatoms. The molecule has 0 unspecified atom stereocenters. The number of anilines is 1. The number of carbonyl (C=O) groups excluding carboxylic acids is 1. The fraction of sp³-hybridized carbons (Fsp3) is 0.472. The normalized spacial score (nSPS) is 20.5. The molecule has 1 heterocycles. The van der Waals surface area contributed by atoms with Gasteiger partial charge >= 0.3 is 0 Å². The van der Waals surface area contributed by atoms with Crippen molar-refractivity contribution in [2.45, 2.75) is 69.7 Å². The van der Waals surface area contributed by atoms with E-state index in [-0.39, 0.29) is 46.8 Å². The van der Waals surface area contributed by atoms with Crippen molar-refractivity contribution in [1.82, 2.24) is 9.80 Å². The summed E-state index contributed by atoms with van der Waals surface area (Å²) in [6, 6.07) is 20.6. The summed E-state index contributed by atoms with van der Waals surface area (Å²) in [5.41, 5.74) is 1.65. The molecule has 0 aliphatic carbocycles. The summed E-state index contributed by atoms with van der Waals surface area (Å²) in [5.74, 6) is 0.466. The van der Waals surface area contributed by atoms with Crippen LogP contribution >= 0.6 is 0 Å². The number of benzene rings is 3. The quantitative estimate of drug-likeness (QED) is 0.294. The van der Waals surface area contributed by atoms with Crippen LogP contribution in [0.15, 0.2) is 77.7 Å². The van der Waals surface area contributed by atoms with Crippen molar-refractivity contribution in [3.8, 4) is 11.5 Å². The summed E-state index contributed by atoms with van der Waals surface area (Å²) in [5, 5.41) is 10.2. The van der Waals surface area contributed by atoms with E-state index in [1.54, 1.807) is 36.1 Å². The molecule has 1 aliphatic heterocycles. The van der Waals surface area contributed by atoms with Crippen LogP contribution in [0, 0.1) is 5.92 Å². The van der Waals surface area contributed by atoms with Gasteiger partial charge in [0.15, 0.2) is 0 Å². The molecular formula is C36H49N3O7S. The average Bonchev–Trinajstić information content (AvgIpc) is 3.06. The number of hydrogen-bond donors (Lipinski definition) is 2. The van der Waals surface area contributed by atoms with Crippen LogP contribution in [0.2, 0.25) is 0 Å². The predicted molar refractivity (Wildman–Crippen MR) is 183 cm³/mol. The highest BCUT2D eigenvalue weighted by atomic mass is 32.2. The molecule has 3 aromatic carbocycles. The lowest BCUT2D eigenvalue weighted by atomic mass is 10.0. The Bertz CT molecular complexity index is 1540. The molecule has 0 saturated heterocycles. The molecule has 1 amide bonds. The van der Waals surface area contributed by atoms with Gasteiger partial charge in [0.1, 0.15) is 11.5 Å². The predicted octanol–water partition coefficient (Wildman–Crippen LogP) is 5.42. The molecule has 256 valence electrons. The first-order valence-corrected chi connectivity index (χ1v) is 17.7. The number of rotatable bonds is 10. The zero-order chi connectivity index (χ0) is 34.0. The number of methoxy groups -OCH3 is 1. The minimum Gasteiger partial charge on any atom is -0.497 e. The molecule has 0 spiro atoms. The van der Waals surface area contributed by atoms with E-state index in [1.807, 2.05) is 25.1 Å². The van der Waals surface area contributed by atoms with Crippen LogP contribution in [0.25, 0.3) is 0 Å². The summed E-state index contributed by atoms with van der Waals surface area (Å²) in [7, 11) is -0.382. The minimum atomic E-state index is -3.96. The van der Waals surface area contributed by atoms with Gasteiger partial charge in [0, 0.05) is 37.8 Å². The molecule has 2 N–H and O–H groups in total. The number of sulfonamides is 1. The number of hydrogen-bond acceptors (Lipinski definition) is 8. The van der Waals surface area contributed by atoms with Crippen molar-refractivity contribution in [3.05, 3.63) is 83.9 Å². The number of aliphatic hydroxyl groups is 1. The summed E-state index contributed by atoms with van der Waals surface area (Å²) in [6.45, 7) is 7.92. The number of amides is 1. The number of fused-ring (bicyclic) bond motifs is 1. The lowest BCUT2D eigenvalue weighted by molar-refractivity contribution is -0.0177. The van der Waals surface area contributed by atoms with E-state index in [9.17, 15) is 18.3 Å². The van der Waals surface area contributed by atoms with Gasteiger partial charge in [0.2, 0.25) is 0 Å². The fourth-order valence-electron chi connectivity index (χ4n) is 5.68. The van der Waals surface area contributed by atoms with Crippen LogP contribution in [0.3, 0.4) is 0 Å². The van der Waals surface area contributed by atoms with Crippen LogP contribution < -0.4 is 14.2 Å². The molecule has 3 aromatic rings. The lowest BCUT2D eigenvalue weighted by Gasteiger charge is -2.36. The fourth-order valence-corrected chi connectivity index (χ4v) is 6.73. The summed E-state index contributed by atoms with van der Waals surface area (Å²) in [4.78, 5) is 18.3. The molecule has 0 aromatic heterocycles. The Morgan fingerprint density at radius 3 is 2.47 bits per heavy atom. The third-order valence-electron chi connectivity index (χ3n) is 8.46. The number of aliphatic hydroxyl groups excluding tert-OH is 1. The van der Waals surface area contributed by atoms with Crippen molar-refractivity contribution >= 4 is 21.6 Å². The first-order valence-electron chi connectivity index (χ1n) is 16.2. The maximum atomic E-state index is 14.4. The molecule has 0 saturated carbocycles. The number of nitrogens with one attached hydrogen (secondary N) is 1. The Morgan fingerprint density at radius 2 is 1.79 bits per heavy atom. The van der Waals surface area contributed by atoms with Crippen LogP contribution in [0.1, 0.15) is 56.0 Å². The Morgan fingerprint density at radius 1 is 1.06 bits per heavy atom. The monoisotopic (exact) mass is 667 g/mol. The van der Waals surface area contributed by atoms with Crippen molar-refractivity contribution in [3.63, 3.8) is 0 Å². The van der Waals surface area contributed by atoms with Crippen LogP contribution in [0.5, 0.6) is 11.5 Å². The molecule has 1 aliphatic rings. The smallest absolute Gasteiger partial charge is 0.261 e. The van der Waals surface area contributed by atoms with Crippen molar-refractivity contribution < 1.29 is 32.5 Å². The number of ether oxygens (including phenoxy) is 3. The van der Waals surface area contributed by atoms with Crippen molar-refractivity contribution in [1.29, 1.82) is 0 Å². The third kappa shape index (κ3) is 10.2. The third-order valence-corrected chi connectivity index (χ3v) is 9.86. The highest BCUT2D eigenvalue weighted by Crippen LogP contribution is 2.30. The summed E-state index contributed by atoms with van der Waals surface area (Å²) in [6.07, 6.45) is 2.16. The zero-order valence-corrected chi connectivity index (χ0v) is 28.9. The van der Waals surface area contributed by atoms with Crippen LogP contribution in [0.4, 0.5) is 5.69 Å². The Hall–Kier alpha value is -3.64. The van der Waals surface area contributed by atoms with Gasteiger partial charge in [-0.15, -0.1) is 0 Å². The number of nitrogens with zero attached hydrogens (tertiary/aromatic N) is 2. The second-order valence-electron chi connectivity index (χ2n) is 12.5. The average molecular weight is 668 g/mol. The van der Waals surface area contributed by atoms with Gasteiger partial charge in [-0.1, -0.05) is 37.3 Å². The molecular weight excluding hydrogens is 618 g/mol. The van der Waals surface area contributed by atoms with Gasteiger partial charge in [-0.25, -0.2) is 8.42 Å². The second kappa shape index (κ2) is 17.0. The first kappa shape index (κ1) is 36.2. The number of carbonyl (C=O) groups is 1. The van der Waals surface area contributed by atoms with E-state index < -0.39 is 16.1 Å². The highest BCUT2D eigenvalue weighted by Gasteiger charge is 2.30. The second-order valence-corrected chi connectivity index (χ2v) is 14.2. The highest BCUT2D eigenvalue weighted by molar-refractivity contribution is 7.92. The Balaban J connectivity index is 1.64. The molecule has 0 fully saturated rings. The van der Waals surface area contributed by atoms with Crippen molar-refractivity contribution in [2.75, 3.05) is 45.2 Å². The maximum Gasteiger partial charge on any atom is 0.261 e. The summed E-state index contributed by atoms with van der Waals surface area (Å²) < 4.78 is 47.0. The Labute approximate surface area is 279 Å². The van der Waals surface area contributed by atoms with Crippen molar-refractivity contribution in [2.24, 2.45) is 5.92 Å². The van der Waals surface area contributed by atoms with Gasteiger partial charge in [-0.2, -0.15) is 0 Å². The molecule has 47 heavy (non-hydrogen) atoms. The first-order chi connectivity index (χ1) is 22.5. The Kier molecular flexibility index (Phi) is 13.1.